The molecule has 0 bridgehead atoms. The fourth-order valence-corrected chi connectivity index (χ4v) is 2.67. The van der Waals surface area contributed by atoms with E-state index in [1.165, 1.54) is 12.1 Å². The minimum Gasteiger partial charge on any atom is -0.320 e. The van der Waals surface area contributed by atoms with Crippen LogP contribution >= 0.6 is 39.1 Å². The maximum atomic E-state index is 14.0. The molecule has 2 aromatic carbocycles. The third-order valence-corrected chi connectivity index (χ3v) is 4.39. The van der Waals surface area contributed by atoms with Crippen LogP contribution in [0.4, 0.5) is 4.39 Å². The Morgan fingerprint density at radius 2 is 1.79 bits per heavy atom. The Labute approximate surface area is 129 Å². The molecule has 0 aliphatic heterocycles. The number of halogens is 4. The second-order valence-electron chi connectivity index (χ2n) is 4.29. The van der Waals surface area contributed by atoms with Crippen molar-refractivity contribution in [3.05, 3.63) is 67.4 Å². The molecule has 100 valence electrons. The zero-order chi connectivity index (χ0) is 14.2. The molecule has 0 spiro atoms. The molecule has 19 heavy (non-hydrogen) atoms. The van der Waals surface area contributed by atoms with Crippen LogP contribution in [-0.2, 0) is 0 Å². The molecule has 0 aromatic heterocycles. The lowest BCUT2D eigenvalue weighted by Gasteiger charge is -2.16. The minimum absolute atomic E-state index is 0.318. The molecule has 1 nitrogen and oxygen atoms in total. The van der Waals surface area contributed by atoms with Gasteiger partial charge in [-0.25, -0.2) is 4.39 Å². The molecule has 0 saturated heterocycles. The van der Waals surface area contributed by atoms with Gasteiger partial charge in [-0.3, -0.25) is 0 Å². The molecule has 5 heteroatoms. The lowest BCUT2D eigenvalue weighted by Crippen LogP contribution is -2.14. The van der Waals surface area contributed by atoms with Crippen LogP contribution < -0.4 is 5.73 Å². The third-order valence-electron chi connectivity index (χ3n) is 2.87. The summed E-state index contributed by atoms with van der Waals surface area (Å²) in [6.07, 6.45) is 0. The normalized spacial score (nSPS) is 12.5. The van der Waals surface area contributed by atoms with Gasteiger partial charge >= 0.3 is 0 Å². The molecule has 2 aromatic rings. The first-order valence-corrected chi connectivity index (χ1v) is 7.11. The van der Waals surface area contributed by atoms with Crippen molar-refractivity contribution in [2.75, 3.05) is 0 Å². The third kappa shape index (κ3) is 3.11. The lowest BCUT2D eigenvalue weighted by molar-refractivity contribution is 0.599. The Balaban J connectivity index is 2.49. The predicted molar refractivity (Wildman–Crippen MR) is 81.3 cm³/mol. The van der Waals surface area contributed by atoms with E-state index in [0.29, 0.717) is 25.6 Å². The van der Waals surface area contributed by atoms with Crippen LogP contribution in [0.3, 0.4) is 0 Å². The highest BCUT2D eigenvalue weighted by Crippen LogP contribution is 2.33. The summed E-state index contributed by atoms with van der Waals surface area (Å²) >= 11 is 15.3. The molecule has 0 radical (unpaired) electrons. The van der Waals surface area contributed by atoms with E-state index in [-0.39, 0.29) is 0 Å². The molecular weight excluding hydrogens is 352 g/mol. The quantitative estimate of drug-likeness (QED) is 0.725. The summed E-state index contributed by atoms with van der Waals surface area (Å²) in [5.41, 5.74) is 8.10. The highest BCUT2D eigenvalue weighted by atomic mass is 79.9. The molecule has 0 aliphatic carbocycles. The Morgan fingerprint density at radius 3 is 2.42 bits per heavy atom. The smallest absolute Gasteiger partial charge is 0.129 e. The van der Waals surface area contributed by atoms with Gasteiger partial charge in [-0.15, -0.1) is 0 Å². The molecule has 0 saturated carbocycles. The van der Waals surface area contributed by atoms with Gasteiger partial charge < -0.3 is 5.73 Å². The van der Waals surface area contributed by atoms with Crippen LogP contribution in [0.25, 0.3) is 0 Å². The Hall–Kier alpha value is -0.610. The molecule has 0 heterocycles. The molecule has 2 N–H and O–H groups in total. The van der Waals surface area contributed by atoms with Crippen LogP contribution in [0.15, 0.2) is 34.8 Å². The molecule has 0 aliphatic rings. The van der Waals surface area contributed by atoms with Crippen LogP contribution in [0.2, 0.25) is 10.0 Å². The molecule has 0 fully saturated rings. The summed E-state index contributed by atoms with van der Waals surface area (Å²) in [5.74, 6) is -0.416. The van der Waals surface area contributed by atoms with E-state index in [1.54, 1.807) is 12.1 Å². The first kappa shape index (κ1) is 14.8. The highest BCUT2D eigenvalue weighted by Gasteiger charge is 2.18. The minimum atomic E-state index is -0.654. The van der Waals surface area contributed by atoms with Crippen molar-refractivity contribution >= 4 is 39.1 Å². The van der Waals surface area contributed by atoms with Gasteiger partial charge in [0.2, 0.25) is 0 Å². The van der Waals surface area contributed by atoms with Crippen molar-refractivity contribution in [3.8, 4) is 0 Å². The Bertz CT molecular complexity index is 631. The summed E-state index contributed by atoms with van der Waals surface area (Å²) in [4.78, 5) is 0. The summed E-state index contributed by atoms with van der Waals surface area (Å²) in [7, 11) is 0. The molecule has 2 rings (SSSR count). The number of rotatable bonds is 2. The molecule has 1 unspecified atom stereocenters. The number of hydrogen-bond donors (Lipinski definition) is 1. The second kappa shape index (κ2) is 5.80. The van der Waals surface area contributed by atoms with Gasteiger partial charge in [-0.05, 0) is 52.2 Å². The Kier molecular flexibility index (Phi) is 4.51. The standard InChI is InChI=1S/C14H11BrCl2FN/c1-7-2-3-8(11(16)4-7)14(19)9-5-12(17)10(15)6-13(9)18/h2-6,14H,19H2,1H3. The van der Waals surface area contributed by atoms with Gasteiger partial charge in [0.25, 0.3) is 0 Å². The highest BCUT2D eigenvalue weighted by molar-refractivity contribution is 9.10. The number of aryl methyl sites for hydroxylation is 1. The van der Waals surface area contributed by atoms with Crippen LogP contribution in [-0.4, -0.2) is 0 Å². The largest absolute Gasteiger partial charge is 0.320 e. The van der Waals surface area contributed by atoms with Gasteiger partial charge in [0, 0.05) is 15.1 Å². The SMILES string of the molecule is Cc1ccc(C(N)c2cc(Cl)c(Br)cc2F)c(Cl)c1. The van der Waals surface area contributed by atoms with E-state index in [4.69, 9.17) is 28.9 Å². The summed E-state index contributed by atoms with van der Waals surface area (Å²) < 4.78 is 14.5. The van der Waals surface area contributed by atoms with Gasteiger partial charge in [-0.2, -0.15) is 0 Å². The Morgan fingerprint density at radius 1 is 1.11 bits per heavy atom. The first-order chi connectivity index (χ1) is 8.90. The molecule has 0 amide bonds. The number of nitrogens with two attached hydrogens (primary N) is 1. The summed E-state index contributed by atoms with van der Waals surface area (Å²) in [5, 5.41) is 0.932. The average Bonchev–Trinajstić information content (AvgIpc) is 2.33. The predicted octanol–water partition coefficient (Wildman–Crippen LogP) is 5.25. The van der Waals surface area contributed by atoms with Crippen LogP contribution in [0.5, 0.6) is 0 Å². The van der Waals surface area contributed by atoms with E-state index in [2.05, 4.69) is 15.9 Å². The summed E-state index contributed by atoms with van der Waals surface area (Å²) in [6, 6.07) is 7.66. The van der Waals surface area contributed by atoms with Crippen molar-refractivity contribution in [2.45, 2.75) is 13.0 Å². The zero-order valence-corrected chi connectivity index (χ0v) is 13.2. The maximum absolute atomic E-state index is 14.0. The van der Waals surface area contributed by atoms with Crippen molar-refractivity contribution in [1.29, 1.82) is 0 Å². The van der Waals surface area contributed by atoms with Crippen molar-refractivity contribution < 1.29 is 4.39 Å². The fourth-order valence-electron chi connectivity index (χ4n) is 1.83. The first-order valence-electron chi connectivity index (χ1n) is 5.56. The van der Waals surface area contributed by atoms with Gasteiger partial charge in [-0.1, -0.05) is 35.3 Å². The summed E-state index contributed by atoms with van der Waals surface area (Å²) in [6.45, 7) is 1.93. The second-order valence-corrected chi connectivity index (χ2v) is 5.96. The lowest BCUT2D eigenvalue weighted by atomic mass is 9.98. The van der Waals surface area contributed by atoms with Gasteiger partial charge in [0.05, 0.1) is 11.1 Å². The van der Waals surface area contributed by atoms with Crippen LogP contribution in [0.1, 0.15) is 22.7 Å². The van der Waals surface area contributed by atoms with Gasteiger partial charge in [0.15, 0.2) is 0 Å². The average molecular weight is 363 g/mol. The van der Waals surface area contributed by atoms with Crippen molar-refractivity contribution in [1.82, 2.24) is 0 Å². The number of hydrogen-bond acceptors (Lipinski definition) is 1. The zero-order valence-electron chi connectivity index (χ0n) is 10.1. The molecular formula is C14H11BrCl2FN. The number of benzene rings is 2. The monoisotopic (exact) mass is 361 g/mol. The maximum Gasteiger partial charge on any atom is 0.129 e. The fraction of sp³-hybridized carbons (Fsp3) is 0.143. The molecule has 1 atom stereocenters. The van der Waals surface area contributed by atoms with E-state index in [9.17, 15) is 4.39 Å². The van der Waals surface area contributed by atoms with E-state index in [1.807, 2.05) is 13.0 Å². The van der Waals surface area contributed by atoms with Gasteiger partial charge in [0.1, 0.15) is 5.82 Å². The van der Waals surface area contributed by atoms with Crippen molar-refractivity contribution in [2.24, 2.45) is 5.73 Å². The van der Waals surface area contributed by atoms with E-state index in [0.717, 1.165) is 5.56 Å². The topological polar surface area (TPSA) is 26.0 Å². The van der Waals surface area contributed by atoms with Crippen molar-refractivity contribution in [3.63, 3.8) is 0 Å². The van der Waals surface area contributed by atoms with E-state index >= 15 is 0 Å². The van der Waals surface area contributed by atoms with Crippen LogP contribution in [0, 0.1) is 12.7 Å². The van der Waals surface area contributed by atoms with E-state index < -0.39 is 11.9 Å².